The predicted molar refractivity (Wildman–Crippen MR) is 89.2 cm³/mol. The minimum absolute atomic E-state index is 0.330. The van der Waals surface area contributed by atoms with Gasteiger partial charge in [-0.2, -0.15) is 0 Å². The molecule has 0 amide bonds. The molecule has 0 aromatic heterocycles. The van der Waals surface area contributed by atoms with Crippen LogP contribution in [0, 0.1) is 0 Å². The summed E-state index contributed by atoms with van der Waals surface area (Å²) < 4.78 is 0. The van der Waals surface area contributed by atoms with E-state index in [0.717, 1.165) is 0 Å². The lowest BCUT2D eigenvalue weighted by molar-refractivity contribution is 0.475. The quantitative estimate of drug-likeness (QED) is 0.713. The van der Waals surface area contributed by atoms with E-state index in [4.69, 9.17) is 0 Å². The molecule has 1 heteroatoms. The molecule has 1 aliphatic carbocycles. The van der Waals surface area contributed by atoms with Crippen LogP contribution in [0.2, 0.25) is 0 Å². The Morgan fingerprint density at radius 1 is 0.455 bits per heavy atom. The summed E-state index contributed by atoms with van der Waals surface area (Å²) in [5.41, 5.74) is 4.10. The van der Waals surface area contributed by atoms with Gasteiger partial charge in [0, 0.05) is 0 Å². The van der Waals surface area contributed by atoms with Crippen LogP contribution in [0.3, 0.4) is 0 Å². The van der Waals surface area contributed by atoms with E-state index in [1.54, 1.807) is 12.1 Å². The summed E-state index contributed by atoms with van der Waals surface area (Å²) in [5.74, 6) is 1.86. The molecule has 0 spiro atoms. The fourth-order valence-electron chi connectivity index (χ4n) is 3.60. The third-order valence-electron chi connectivity index (χ3n) is 4.67. The monoisotopic (exact) mass is 286 g/mol. The summed E-state index contributed by atoms with van der Waals surface area (Å²) >= 11 is 0. The third-order valence-corrected chi connectivity index (χ3v) is 4.67. The largest absolute Gasteiger partial charge is 0.508 e. The van der Waals surface area contributed by atoms with Crippen molar-refractivity contribution in [1.29, 1.82) is 0 Å². The lowest BCUT2D eigenvalue weighted by Gasteiger charge is -2.01. The number of phenols is 1. The normalized spacial score (nSPS) is 23.2. The highest BCUT2D eigenvalue weighted by Crippen LogP contribution is 2.66. The molecule has 2 atom stereocenters. The number of phenolic OH excluding ortho intramolecular Hbond substituents is 1. The van der Waals surface area contributed by atoms with Gasteiger partial charge in [0.1, 0.15) is 5.75 Å². The molecule has 0 aliphatic heterocycles. The Morgan fingerprint density at radius 3 is 1.23 bits per heavy atom. The van der Waals surface area contributed by atoms with Gasteiger partial charge in [-0.1, -0.05) is 72.8 Å². The van der Waals surface area contributed by atoms with Gasteiger partial charge in [-0.15, -0.1) is 0 Å². The van der Waals surface area contributed by atoms with Crippen LogP contribution in [0.15, 0.2) is 84.9 Å². The second-order valence-electron chi connectivity index (χ2n) is 5.99. The van der Waals surface area contributed by atoms with E-state index in [-0.39, 0.29) is 0 Å². The highest BCUT2D eigenvalue weighted by molar-refractivity contribution is 5.48. The highest BCUT2D eigenvalue weighted by Gasteiger charge is 2.52. The van der Waals surface area contributed by atoms with E-state index in [2.05, 4.69) is 72.8 Å². The zero-order valence-corrected chi connectivity index (χ0v) is 12.3. The zero-order valence-electron chi connectivity index (χ0n) is 12.3. The van der Waals surface area contributed by atoms with Crippen LogP contribution < -0.4 is 0 Å². The van der Waals surface area contributed by atoms with Crippen molar-refractivity contribution in [2.45, 2.75) is 17.8 Å². The predicted octanol–water partition coefficient (Wildman–Crippen LogP) is 5.06. The fraction of sp³-hybridized carbons (Fsp3) is 0.143. The van der Waals surface area contributed by atoms with Crippen molar-refractivity contribution in [3.8, 4) is 5.75 Å². The molecule has 1 aliphatic rings. The van der Waals surface area contributed by atoms with E-state index in [1.165, 1.54) is 16.7 Å². The SMILES string of the molecule is Oc1ccc(C2C(c3ccccc3)C2c2ccccc2)cc1. The molecule has 0 saturated heterocycles. The number of benzene rings is 3. The van der Waals surface area contributed by atoms with Crippen molar-refractivity contribution in [3.05, 3.63) is 102 Å². The molecule has 1 saturated carbocycles. The number of hydrogen-bond acceptors (Lipinski definition) is 1. The van der Waals surface area contributed by atoms with Gasteiger partial charge in [-0.3, -0.25) is 0 Å². The van der Waals surface area contributed by atoms with Crippen molar-refractivity contribution < 1.29 is 5.11 Å². The maximum absolute atomic E-state index is 9.52. The molecule has 0 bridgehead atoms. The molecular formula is C21H18O. The summed E-state index contributed by atoms with van der Waals surface area (Å²) in [4.78, 5) is 0. The van der Waals surface area contributed by atoms with Crippen molar-refractivity contribution >= 4 is 0 Å². The first-order valence-corrected chi connectivity index (χ1v) is 7.73. The molecule has 1 N–H and O–H groups in total. The van der Waals surface area contributed by atoms with Crippen molar-refractivity contribution in [1.82, 2.24) is 0 Å². The van der Waals surface area contributed by atoms with E-state index >= 15 is 0 Å². The van der Waals surface area contributed by atoms with Gasteiger partial charge in [0.2, 0.25) is 0 Å². The maximum atomic E-state index is 9.52. The lowest BCUT2D eigenvalue weighted by atomic mass is 10.0. The topological polar surface area (TPSA) is 20.2 Å². The van der Waals surface area contributed by atoms with E-state index < -0.39 is 0 Å². The smallest absolute Gasteiger partial charge is 0.115 e. The molecule has 3 aromatic carbocycles. The molecule has 22 heavy (non-hydrogen) atoms. The van der Waals surface area contributed by atoms with Crippen LogP contribution in [0.5, 0.6) is 5.75 Å². The Morgan fingerprint density at radius 2 is 0.818 bits per heavy atom. The Hall–Kier alpha value is -2.54. The minimum Gasteiger partial charge on any atom is -0.508 e. The molecule has 0 heterocycles. The fourth-order valence-corrected chi connectivity index (χ4v) is 3.60. The van der Waals surface area contributed by atoms with Crippen LogP contribution in [0.4, 0.5) is 0 Å². The van der Waals surface area contributed by atoms with Crippen LogP contribution >= 0.6 is 0 Å². The summed E-state index contributed by atoms with van der Waals surface area (Å²) in [5, 5.41) is 9.52. The Balaban J connectivity index is 1.73. The van der Waals surface area contributed by atoms with Crippen LogP contribution in [0.25, 0.3) is 0 Å². The summed E-state index contributed by atoms with van der Waals surface area (Å²) in [6.07, 6.45) is 0. The van der Waals surface area contributed by atoms with E-state index in [0.29, 0.717) is 23.5 Å². The third kappa shape index (κ3) is 2.29. The molecule has 0 radical (unpaired) electrons. The molecule has 3 aromatic rings. The summed E-state index contributed by atoms with van der Waals surface area (Å²) in [7, 11) is 0. The first kappa shape index (κ1) is 13.1. The number of hydrogen-bond donors (Lipinski definition) is 1. The molecule has 108 valence electrons. The zero-order chi connectivity index (χ0) is 14.9. The van der Waals surface area contributed by atoms with Gasteiger partial charge in [0.05, 0.1) is 0 Å². The van der Waals surface area contributed by atoms with Gasteiger partial charge < -0.3 is 5.11 Å². The first-order valence-electron chi connectivity index (χ1n) is 7.73. The average molecular weight is 286 g/mol. The van der Waals surface area contributed by atoms with E-state index in [1.807, 2.05) is 0 Å². The van der Waals surface area contributed by atoms with Gasteiger partial charge in [0.15, 0.2) is 0 Å². The van der Waals surface area contributed by atoms with Crippen molar-refractivity contribution in [2.24, 2.45) is 0 Å². The highest BCUT2D eigenvalue weighted by atomic mass is 16.3. The van der Waals surface area contributed by atoms with Gasteiger partial charge in [-0.05, 0) is 46.6 Å². The average Bonchev–Trinajstić information content (AvgIpc) is 3.33. The molecule has 2 unspecified atom stereocenters. The Bertz CT molecular complexity index is 701. The van der Waals surface area contributed by atoms with Gasteiger partial charge in [-0.25, -0.2) is 0 Å². The Kier molecular flexibility index (Phi) is 3.19. The summed E-state index contributed by atoms with van der Waals surface area (Å²) in [6.45, 7) is 0. The van der Waals surface area contributed by atoms with Crippen molar-refractivity contribution in [2.75, 3.05) is 0 Å². The molecular weight excluding hydrogens is 268 g/mol. The van der Waals surface area contributed by atoms with Crippen molar-refractivity contribution in [3.63, 3.8) is 0 Å². The molecule has 1 nitrogen and oxygen atoms in total. The van der Waals surface area contributed by atoms with E-state index in [9.17, 15) is 5.11 Å². The van der Waals surface area contributed by atoms with Gasteiger partial charge in [0.25, 0.3) is 0 Å². The number of rotatable bonds is 3. The number of aromatic hydroxyl groups is 1. The minimum atomic E-state index is 0.330. The standard InChI is InChI=1S/C21H18O/c22-18-13-11-17(12-14-18)21-19(15-7-3-1-4-8-15)20(21)16-9-5-2-6-10-16/h1-14,19-22H. The molecule has 1 fully saturated rings. The Labute approximate surface area is 130 Å². The maximum Gasteiger partial charge on any atom is 0.115 e. The van der Waals surface area contributed by atoms with Crippen LogP contribution in [0.1, 0.15) is 34.4 Å². The summed E-state index contributed by atoms with van der Waals surface area (Å²) in [6, 6.07) is 29.2. The van der Waals surface area contributed by atoms with Crippen LogP contribution in [-0.4, -0.2) is 5.11 Å². The lowest BCUT2D eigenvalue weighted by Crippen LogP contribution is -1.83. The van der Waals surface area contributed by atoms with Gasteiger partial charge >= 0.3 is 0 Å². The second kappa shape index (κ2) is 5.34. The second-order valence-corrected chi connectivity index (χ2v) is 5.99. The first-order chi connectivity index (χ1) is 10.8. The van der Waals surface area contributed by atoms with Crippen LogP contribution in [-0.2, 0) is 0 Å². The molecule has 4 rings (SSSR count).